The van der Waals surface area contributed by atoms with Gasteiger partial charge >= 0.3 is 0 Å². The van der Waals surface area contributed by atoms with Crippen LogP contribution < -0.4 is 10.6 Å². The normalized spacial score (nSPS) is 24.5. The highest BCUT2D eigenvalue weighted by atomic mass is 35.5. The predicted octanol–water partition coefficient (Wildman–Crippen LogP) is 3.04. The van der Waals surface area contributed by atoms with Crippen molar-refractivity contribution in [3.63, 3.8) is 0 Å². The van der Waals surface area contributed by atoms with Gasteiger partial charge in [0.25, 0.3) is 0 Å². The van der Waals surface area contributed by atoms with Crippen LogP contribution in [0.1, 0.15) is 36.3 Å². The number of carbonyl (C=O) groups excluding carboxylic acids is 3. The Balaban J connectivity index is 1.46. The molecule has 0 radical (unpaired) electrons. The van der Waals surface area contributed by atoms with E-state index in [4.69, 9.17) is 11.6 Å². The summed E-state index contributed by atoms with van der Waals surface area (Å²) < 4.78 is 28.2. The summed E-state index contributed by atoms with van der Waals surface area (Å²) in [6.45, 7) is 4.96. The summed E-state index contributed by atoms with van der Waals surface area (Å²) in [5.74, 6) is -1.54. The van der Waals surface area contributed by atoms with E-state index in [0.29, 0.717) is 23.9 Å². The Kier molecular flexibility index (Phi) is 7.85. The second-order valence-electron chi connectivity index (χ2n) is 11.8. The summed E-state index contributed by atoms with van der Waals surface area (Å²) in [5.41, 5.74) is 0.482. The summed E-state index contributed by atoms with van der Waals surface area (Å²) in [7, 11) is 0.272. The van der Waals surface area contributed by atoms with Gasteiger partial charge in [-0.05, 0) is 50.7 Å². The fourth-order valence-electron chi connectivity index (χ4n) is 6.58. The van der Waals surface area contributed by atoms with Crippen molar-refractivity contribution >= 4 is 52.8 Å². The smallest absolute Gasteiger partial charge is 0.245 e. The number of hydrogen-bond donors (Lipinski definition) is 2. The minimum absolute atomic E-state index is 0.0420. The van der Waals surface area contributed by atoms with Crippen molar-refractivity contribution in [2.24, 2.45) is 11.3 Å². The third kappa shape index (κ3) is 5.28. The number of piperidine rings is 1. The lowest BCUT2D eigenvalue weighted by atomic mass is 9.95. The van der Waals surface area contributed by atoms with Gasteiger partial charge in [0.1, 0.15) is 24.1 Å². The molecular weight excluding hydrogens is 584 g/mol. The Labute approximate surface area is 248 Å². The monoisotopic (exact) mass is 617 g/mol. The average molecular weight is 618 g/mol. The molecule has 1 saturated carbocycles. The molecule has 42 heavy (non-hydrogen) atoms. The zero-order valence-electron chi connectivity index (χ0n) is 24.1. The van der Waals surface area contributed by atoms with Gasteiger partial charge in [0.2, 0.25) is 19.2 Å². The number of fused-ring (bicyclic) bond motifs is 2. The molecular formula is C29H34ClFN5O5P. The molecule has 2 heterocycles. The van der Waals surface area contributed by atoms with Crippen molar-refractivity contribution in [2.75, 3.05) is 27.3 Å². The molecule has 5 atom stereocenters. The van der Waals surface area contributed by atoms with Gasteiger partial charge in [-0.25, -0.2) is 4.39 Å². The summed E-state index contributed by atoms with van der Waals surface area (Å²) >= 11 is 5.90. The van der Waals surface area contributed by atoms with Gasteiger partial charge in [0, 0.05) is 54.4 Å². The van der Waals surface area contributed by atoms with Gasteiger partial charge in [0.05, 0.1) is 10.5 Å². The van der Waals surface area contributed by atoms with Gasteiger partial charge in [-0.3, -0.25) is 23.6 Å². The molecule has 5 rings (SSSR count). The topological polar surface area (TPSA) is 125 Å². The van der Waals surface area contributed by atoms with Crippen molar-refractivity contribution < 1.29 is 28.2 Å². The number of ketones is 1. The first kappa shape index (κ1) is 30.4. The Hall–Kier alpha value is -3.11. The van der Waals surface area contributed by atoms with E-state index in [2.05, 4.69) is 17.3 Å². The van der Waals surface area contributed by atoms with Crippen molar-refractivity contribution in [1.29, 1.82) is 0 Å². The van der Waals surface area contributed by atoms with Crippen molar-refractivity contribution in [3.8, 4) is 0 Å². The number of nitrogens with one attached hydrogen (secondary N) is 1. The van der Waals surface area contributed by atoms with Crippen LogP contribution in [-0.4, -0.2) is 81.5 Å². The summed E-state index contributed by atoms with van der Waals surface area (Å²) in [6, 6.07) is 8.11. The van der Waals surface area contributed by atoms with Crippen LogP contribution >= 0.6 is 19.0 Å². The van der Waals surface area contributed by atoms with Crippen LogP contribution in [0.5, 0.6) is 0 Å². The first-order chi connectivity index (χ1) is 19.7. The third-order valence-electron chi connectivity index (χ3n) is 8.59. The molecule has 13 heteroatoms. The largest absolute Gasteiger partial charge is 0.350 e. The molecule has 2 fully saturated rings. The summed E-state index contributed by atoms with van der Waals surface area (Å²) in [6.07, 6.45) is 0.443. The van der Waals surface area contributed by atoms with E-state index >= 15 is 0 Å². The second kappa shape index (κ2) is 10.9. The van der Waals surface area contributed by atoms with Crippen LogP contribution in [0.4, 0.5) is 4.39 Å². The zero-order chi connectivity index (χ0) is 30.7. The van der Waals surface area contributed by atoms with Crippen LogP contribution in [0.25, 0.3) is 10.9 Å². The van der Waals surface area contributed by atoms with Crippen molar-refractivity contribution in [3.05, 3.63) is 58.5 Å². The number of benzene rings is 2. The fourth-order valence-corrected chi connectivity index (χ4v) is 7.49. The molecule has 2 amide bonds. The summed E-state index contributed by atoms with van der Waals surface area (Å²) in [5, 5.41) is 7.78. The van der Waals surface area contributed by atoms with E-state index in [-0.39, 0.29) is 63.7 Å². The van der Waals surface area contributed by atoms with E-state index in [0.717, 1.165) is 0 Å². The molecule has 1 aromatic heterocycles. The fraction of sp³-hybridized carbons (Fsp3) is 0.448. The number of likely N-dealkylation sites (tertiary alicyclic amines) is 1. The maximum Gasteiger partial charge on any atom is 0.245 e. The van der Waals surface area contributed by atoms with Gasteiger partial charge in [0.15, 0.2) is 5.78 Å². The van der Waals surface area contributed by atoms with Crippen LogP contribution in [0, 0.1) is 17.2 Å². The second-order valence-corrected chi connectivity index (χ2v) is 14.5. The third-order valence-corrected chi connectivity index (χ3v) is 10.1. The highest BCUT2D eigenvalue weighted by Gasteiger charge is 2.72. The minimum atomic E-state index is -3.62. The number of carbonyl (C=O) groups is 3. The number of hydrogen-bond acceptors (Lipinski definition) is 6. The Morgan fingerprint density at radius 2 is 1.98 bits per heavy atom. The molecule has 1 aliphatic heterocycles. The first-order valence-electron chi connectivity index (χ1n) is 13.6. The molecule has 2 aromatic carbocycles. The SMILES string of the molecule is CC(=O)c1nn(CC(=O)N2C3[C@@H](C)[C@@]3(CN(C)C)C[C@H]2C(=O)NCc2cccc(Cl)c2F)c2cc(P(C)(=O)O)ccc12. The molecule has 2 aliphatic rings. The number of rotatable bonds is 9. The lowest BCUT2D eigenvalue weighted by Gasteiger charge is -2.28. The molecule has 3 aromatic rings. The van der Waals surface area contributed by atoms with Crippen LogP contribution in [0.15, 0.2) is 36.4 Å². The lowest BCUT2D eigenvalue weighted by Crippen LogP contribution is -2.49. The van der Waals surface area contributed by atoms with Gasteiger partial charge in [-0.1, -0.05) is 30.7 Å². The van der Waals surface area contributed by atoms with Crippen molar-refractivity contribution in [1.82, 2.24) is 24.9 Å². The number of halogens is 2. The highest BCUT2D eigenvalue weighted by molar-refractivity contribution is 7.65. The molecule has 224 valence electrons. The Morgan fingerprint density at radius 1 is 1.26 bits per heavy atom. The lowest BCUT2D eigenvalue weighted by molar-refractivity contribution is -0.140. The van der Waals surface area contributed by atoms with E-state index < -0.39 is 25.1 Å². The minimum Gasteiger partial charge on any atom is -0.350 e. The Morgan fingerprint density at radius 3 is 2.62 bits per heavy atom. The van der Waals surface area contributed by atoms with Crippen molar-refractivity contribution in [2.45, 2.75) is 45.4 Å². The van der Waals surface area contributed by atoms with Gasteiger partial charge in [-0.15, -0.1) is 0 Å². The first-order valence-corrected chi connectivity index (χ1v) is 16.1. The number of aromatic nitrogens is 2. The zero-order valence-corrected chi connectivity index (χ0v) is 25.7. The van der Waals surface area contributed by atoms with Crippen LogP contribution in [-0.2, 0) is 27.2 Å². The molecule has 1 saturated heterocycles. The van der Waals surface area contributed by atoms with E-state index in [1.165, 1.54) is 42.5 Å². The van der Waals surface area contributed by atoms with Gasteiger partial charge in [-0.2, -0.15) is 5.10 Å². The Bertz CT molecular complexity index is 1650. The highest BCUT2D eigenvalue weighted by Crippen LogP contribution is 2.64. The van der Waals surface area contributed by atoms with Gasteiger partial charge < -0.3 is 20.0 Å². The molecule has 2 N–H and O–H groups in total. The van der Waals surface area contributed by atoms with E-state index in [1.807, 2.05) is 19.0 Å². The molecule has 1 aliphatic carbocycles. The quantitative estimate of drug-likeness (QED) is 0.279. The number of Topliss-reactive ketones (excluding diaryl/α,β-unsaturated/α-hetero) is 1. The van der Waals surface area contributed by atoms with E-state index in [9.17, 15) is 28.2 Å². The number of nitrogens with zero attached hydrogens (tertiary/aromatic N) is 4. The van der Waals surface area contributed by atoms with E-state index in [1.54, 1.807) is 17.0 Å². The predicted molar refractivity (Wildman–Crippen MR) is 158 cm³/mol. The maximum atomic E-state index is 14.5. The molecule has 2 unspecified atom stereocenters. The van der Waals surface area contributed by atoms with Crippen LogP contribution in [0.2, 0.25) is 5.02 Å². The van der Waals surface area contributed by atoms with Crippen LogP contribution in [0.3, 0.4) is 0 Å². The number of amides is 2. The molecule has 0 bridgehead atoms. The summed E-state index contributed by atoms with van der Waals surface area (Å²) in [4.78, 5) is 53.7. The average Bonchev–Trinajstić information content (AvgIpc) is 3.19. The standard InChI is InChI=1S/C29H34ClFN5O5P/c1-16-27-29(16,15-34(3)4)12-23(28(39)32-13-18-7-6-8-21(30)25(18)31)36(27)24(38)14-35-22-11-19(42(5,40)41)9-10-20(22)26(33-35)17(2)37/h6-11,16,23,27H,12-15H2,1-5H3,(H,32,39)(H,40,41)/t16-,23+,27?,29+/m1/s1. The molecule has 10 nitrogen and oxygen atoms in total. The molecule has 0 spiro atoms. The maximum absolute atomic E-state index is 14.5.